The highest BCUT2D eigenvalue weighted by Crippen LogP contribution is 2.46. The van der Waals surface area contributed by atoms with E-state index in [0.717, 1.165) is 55.0 Å². The zero-order chi connectivity index (χ0) is 25.8. The van der Waals surface area contributed by atoms with Gasteiger partial charge in [-0.15, -0.1) is 0 Å². The molecule has 7 nitrogen and oxygen atoms in total. The lowest BCUT2D eigenvalue weighted by atomic mass is 9.83. The zero-order valence-corrected chi connectivity index (χ0v) is 19.4. The summed E-state index contributed by atoms with van der Waals surface area (Å²) in [6.45, 7) is 3.31. The van der Waals surface area contributed by atoms with Crippen molar-refractivity contribution in [3.8, 4) is 0 Å². The number of carboxylic acids is 1. The number of alkyl halides is 3. The highest BCUT2D eigenvalue weighted by Gasteiger charge is 2.51. The number of piperidine rings is 1. The van der Waals surface area contributed by atoms with Crippen LogP contribution in [0.1, 0.15) is 40.2 Å². The van der Waals surface area contributed by atoms with Crippen LogP contribution >= 0.6 is 0 Å². The Morgan fingerprint density at radius 1 is 0.917 bits per heavy atom. The van der Waals surface area contributed by atoms with Crippen molar-refractivity contribution in [2.75, 3.05) is 13.1 Å². The van der Waals surface area contributed by atoms with Gasteiger partial charge in [0.25, 0.3) is 5.91 Å². The highest BCUT2D eigenvalue weighted by molar-refractivity contribution is 5.99. The number of pyridine rings is 2. The monoisotopic (exact) mass is 498 g/mol. The zero-order valence-electron chi connectivity index (χ0n) is 19.4. The molecule has 0 unspecified atom stereocenters. The second-order valence-corrected chi connectivity index (χ2v) is 8.71. The molecule has 3 aromatic rings. The number of aromatic nitrogens is 2. The van der Waals surface area contributed by atoms with Crippen LogP contribution in [0.3, 0.4) is 0 Å². The lowest BCUT2D eigenvalue weighted by Gasteiger charge is -2.44. The average Bonchev–Trinajstić information content (AvgIpc) is 3.09. The fraction of sp³-hybridized carbons (Fsp3) is 0.308. The van der Waals surface area contributed by atoms with Crippen molar-refractivity contribution in [1.82, 2.24) is 19.8 Å². The lowest BCUT2D eigenvalue weighted by molar-refractivity contribution is -0.192. The molecule has 5 rings (SSSR count). The predicted octanol–water partition coefficient (Wildman–Crippen LogP) is 4.26. The van der Waals surface area contributed by atoms with Crippen LogP contribution in [-0.4, -0.2) is 56.0 Å². The first-order chi connectivity index (χ1) is 17.2. The number of carbonyl (C=O) groups is 2. The smallest absolute Gasteiger partial charge is 0.475 e. The van der Waals surface area contributed by atoms with Crippen molar-refractivity contribution in [2.45, 2.75) is 37.6 Å². The van der Waals surface area contributed by atoms with Gasteiger partial charge in [-0.05, 0) is 42.7 Å². The van der Waals surface area contributed by atoms with Crippen molar-refractivity contribution >= 4 is 11.9 Å². The topological polar surface area (TPSA) is 86.6 Å². The first-order valence-electron chi connectivity index (χ1n) is 11.4. The van der Waals surface area contributed by atoms with E-state index >= 15 is 0 Å². The third kappa shape index (κ3) is 5.38. The van der Waals surface area contributed by atoms with Crippen molar-refractivity contribution in [2.24, 2.45) is 0 Å². The van der Waals surface area contributed by atoms with Crippen LogP contribution in [-0.2, 0) is 23.4 Å². The van der Waals surface area contributed by atoms with E-state index in [-0.39, 0.29) is 11.4 Å². The Labute approximate surface area is 206 Å². The molecule has 1 N–H and O–H groups in total. The molecular formula is C26H25F3N4O3. The number of amides is 1. The van der Waals surface area contributed by atoms with E-state index in [2.05, 4.69) is 33.0 Å². The minimum absolute atomic E-state index is 0.107. The summed E-state index contributed by atoms with van der Waals surface area (Å²) in [6, 6.07) is 20.1. The molecule has 2 aliphatic rings. The number of aliphatic carboxylic acids is 1. The molecule has 1 amide bonds. The molecule has 0 radical (unpaired) electrons. The van der Waals surface area contributed by atoms with Crippen molar-refractivity contribution in [3.05, 3.63) is 95.6 Å². The fourth-order valence-electron chi connectivity index (χ4n) is 4.71. The Morgan fingerprint density at radius 2 is 1.56 bits per heavy atom. The van der Waals surface area contributed by atoms with Gasteiger partial charge in [-0.2, -0.15) is 13.2 Å². The van der Waals surface area contributed by atoms with Gasteiger partial charge in [0, 0.05) is 38.6 Å². The van der Waals surface area contributed by atoms with Gasteiger partial charge < -0.3 is 10.0 Å². The first-order valence-corrected chi connectivity index (χ1v) is 11.4. The standard InChI is InChI=1S/C24H24N4O.C2HF3O2/c29-23-21-10-6-14-26-22(21)24(28(23)17-19-7-2-1-3-8-19)11-15-27(16-12-24)18-20-9-4-5-13-25-20;3-2(4,5)1(6)7/h1-10,13-14H,11-12,15-18H2;(H,6,7). The van der Waals surface area contributed by atoms with Crippen LogP contribution in [0.25, 0.3) is 0 Å². The summed E-state index contributed by atoms with van der Waals surface area (Å²) in [5.41, 5.74) is 3.65. The average molecular weight is 499 g/mol. The molecule has 188 valence electrons. The van der Waals surface area contributed by atoms with Gasteiger partial charge in [0.15, 0.2) is 0 Å². The molecule has 1 spiro atoms. The molecule has 0 aliphatic carbocycles. The molecule has 36 heavy (non-hydrogen) atoms. The number of hydrogen-bond acceptors (Lipinski definition) is 5. The summed E-state index contributed by atoms with van der Waals surface area (Å²) < 4.78 is 31.7. The third-order valence-corrected chi connectivity index (χ3v) is 6.46. The number of rotatable bonds is 4. The molecule has 0 saturated carbocycles. The van der Waals surface area contributed by atoms with Gasteiger partial charge >= 0.3 is 12.1 Å². The maximum atomic E-state index is 13.3. The second kappa shape index (κ2) is 10.4. The largest absolute Gasteiger partial charge is 0.490 e. The van der Waals surface area contributed by atoms with Crippen LogP contribution in [0.2, 0.25) is 0 Å². The second-order valence-electron chi connectivity index (χ2n) is 8.71. The maximum Gasteiger partial charge on any atom is 0.490 e. The molecule has 0 bridgehead atoms. The summed E-state index contributed by atoms with van der Waals surface area (Å²) in [5, 5.41) is 7.12. The van der Waals surface area contributed by atoms with Gasteiger partial charge in [0.05, 0.1) is 22.5 Å². The molecule has 1 fully saturated rings. The number of nitrogens with zero attached hydrogens (tertiary/aromatic N) is 4. The van der Waals surface area contributed by atoms with Crippen LogP contribution < -0.4 is 0 Å². The molecule has 2 aromatic heterocycles. The minimum Gasteiger partial charge on any atom is -0.475 e. The summed E-state index contributed by atoms with van der Waals surface area (Å²) in [7, 11) is 0. The number of carbonyl (C=O) groups excluding carboxylic acids is 1. The van der Waals surface area contributed by atoms with Crippen LogP contribution in [0.4, 0.5) is 13.2 Å². The maximum absolute atomic E-state index is 13.3. The Bertz CT molecular complexity index is 1200. The fourth-order valence-corrected chi connectivity index (χ4v) is 4.71. The van der Waals surface area contributed by atoms with E-state index < -0.39 is 12.1 Å². The summed E-state index contributed by atoms with van der Waals surface area (Å²) in [4.78, 5) is 35.9. The molecule has 1 aromatic carbocycles. The Hall–Kier alpha value is -3.79. The summed E-state index contributed by atoms with van der Waals surface area (Å²) >= 11 is 0. The molecule has 0 atom stereocenters. The Balaban J connectivity index is 0.000000384. The predicted molar refractivity (Wildman–Crippen MR) is 125 cm³/mol. The van der Waals surface area contributed by atoms with E-state index in [4.69, 9.17) is 14.9 Å². The highest BCUT2D eigenvalue weighted by atomic mass is 19.4. The number of likely N-dealkylation sites (tertiary alicyclic amines) is 1. The number of fused-ring (bicyclic) bond motifs is 2. The van der Waals surface area contributed by atoms with Crippen LogP contribution in [0.5, 0.6) is 0 Å². The van der Waals surface area contributed by atoms with Gasteiger partial charge in [-0.3, -0.25) is 19.7 Å². The molecule has 4 heterocycles. The van der Waals surface area contributed by atoms with Gasteiger partial charge in [0.1, 0.15) is 0 Å². The Morgan fingerprint density at radius 3 is 2.17 bits per heavy atom. The quantitative estimate of drug-likeness (QED) is 0.579. The van der Waals surface area contributed by atoms with E-state index in [1.807, 2.05) is 54.9 Å². The third-order valence-electron chi connectivity index (χ3n) is 6.46. The van der Waals surface area contributed by atoms with E-state index in [1.54, 1.807) is 0 Å². The molecule has 1 saturated heterocycles. The minimum atomic E-state index is -5.08. The van der Waals surface area contributed by atoms with E-state index in [9.17, 15) is 18.0 Å². The Kier molecular flexibility index (Phi) is 7.35. The number of halogens is 3. The number of benzene rings is 1. The molecular weight excluding hydrogens is 473 g/mol. The van der Waals surface area contributed by atoms with Crippen LogP contribution in [0, 0.1) is 0 Å². The summed E-state index contributed by atoms with van der Waals surface area (Å²) in [6.07, 6.45) is 0.364. The van der Waals surface area contributed by atoms with Gasteiger partial charge in [-0.1, -0.05) is 36.4 Å². The van der Waals surface area contributed by atoms with Crippen LogP contribution in [0.15, 0.2) is 73.1 Å². The van der Waals surface area contributed by atoms with Gasteiger partial charge in [-0.25, -0.2) is 4.79 Å². The number of carboxylic acid groups (broad SMARTS) is 1. The molecule has 10 heteroatoms. The van der Waals surface area contributed by atoms with E-state index in [1.165, 1.54) is 0 Å². The normalized spacial score (nSPS) is 16.9. The number of hydrogen-bond donors (Lipinski definition) is 1. The lowest BCUT2D eigenvalue weighted by Crippen LogP contribution is -2.51. The van der Waals surface area contributed by atoms with Crippen molar-refractivity contribution in [3.63, 3.8) is 0 Å². The van der Waals surface area contributed by atoms with Crippen molar-refractivity contribution in [1.29, 1.82) is 0 Å². The SMILES string of the molecule is O=C(O)C(F)(F)F.O=C1c2cccnc2C2(CCN(Cc3ccccn3)CC2)N1Cc1ccccc1. The molecule has 2 aliphatic heterocycles. The van der Waals surface area contributed by atoms with Gasteiger partial charge in [0.2, 0.25) is 0 Å². The van der Waals surface area contributed by atoms with Crippen molar-refractivity contribution < 1.29 is 27.9 Å². The van der Waals surface area contributed by atoms with E-state index in [0.29, 0.717) is 6.54 Å². The summed E-state index contributed by atoms with van der Waals surface area (Å²) in [5.74, 6) is -2.65. The first kappa shape index (κ1) is 25.3.